The van der Waals surface area contributed by atoms with E-state index >= 15 is 0 Å². The van der Waals surface area contributed by atoms with E-state index < -0.39 is 0 Å². The summed E-state index contributed by atoms with van der Waals surface area (Å²) in [6.45, 7) is 5.00. The number of aromatic nitrogens is 3. The first-order valence-corrected chi connectivity index (χ1v) is 10.7. The molecule has 2 aromatic heterocycles. The lowest BCUT2D eigenvalue weighted by Gasteiger charge is -2.21. The SMILES string of the molecule is CC(=O)Nc1cc(Cl)c2c(c1)nc(NC(=O)c1ccnc(C)c1)n2C1CCCCNC1. The Morgan fingerprint density at radius 2 is 2.06 bits per heavy atom. The molecule has 0 aliphatic carbocycles. The maximum atomic E-state index is 12.9. The Balaban J connectivity index is 1.79. The van der Waals surface area contributed by atoms with Gasteiger partial charge in [-0.1, -0.05) is 18.0 Å². The molecule has 162 valence electrons. The Morgan fingerprint density at radius 3 is 2.84 bits per heavy atom. The third kappa shape index (κ3) is 4.70. The molecule has 0 spiro atoms. The number of aryl methyl sites for hydroxylation is 1. The van der Waals surface area contributed by atoms with Gasteiger partial charge in [-0.3, -0.25) is 19.9 Å². The van der Waals surface area contributed by atoms with E-state index in [0.29, 0.717) is 27.7 Å². The second kappa shape index (κ2) is 9.03. The monoisotopic (exact) mass is 440 g/mol. The summed E-state index contributed by atoms with van der Waals surface area (Å²) >= 11 is 6.64. The smallest absolute Gasteiger partial charge is 0.258 e. The van der Waals surface area contributed by atoms with E-state index in [4.69, 9.17) is 11.6 Å². The fourth-order valence-electron chi connectivity index (χ4n) is 3.98. The third-order valence-electron chi connectivity index (χ3n) is 5.33. The van der Waals surface area contributed by atoms with Crippen molar-refractivity contribution in [1.29, 1.82) is 0 Å². The van der Waals surface area contributed by atoms with Crippen LogP contribution in [0.5, 0.6) is 0 Å². The number of pyridine rings is 1. The number of imidazole rings is 1. The lowest BCUT2D eigenvalue weighted by Crippen LogP contribution is -2.25. The van der Waals surface area contributed by atoms with Crippen molar-refractivity contribution in [3.63, 3.8) is 0 Å². The molecule has 3 aromatic rings. The topological polar surface area (TPSA) is 101 Å². The minimum absolute atomic E-state index is 0.0890. The van der Waals surface area contributed by atoms with Crippen LogP contribution < -0.4 is 16.0 Å². The van der Waals surface area contributed by atoms with Gasteiger partial charge in [-0.05, 0) is 50.6 Å². The number of carbonyl (C=O) groups excluding carboxylic acids is 2. The quantitative estimate of drug-likeness (QED) is 0.570. The Labute approximate surface area is 185 Å². The van der Waals surface area contributed by atoms with Gasteiger partial charge >= 0.3 is 0 Å². The highest BCUT2D eigenvalue weighted by Crippen LogP contribution is 2.35. The van der Waals surface area contributed by atoms with Gasteiger partial charge in [-0.2, -0.15) is 0 Å². The van der Waals surface area contributed by atoms with E-state index in [0.717, 1.165) is 43.6 Å². The molecule has 0 bridgehead atoms. The van der Waals surface area contributed by atoms with Crippen molar-refractivity contribution in [1.82, 2.24) is 19.9 Å². The van der Waals surface area contributed by atoms with Crippen molar-refractivity contribution in [3.8, 4) is 0 Å². The van der Waals surface area contributed by atoms with Crippen LogP contribution in [0.2, 0.25) is 5.02 Å². The third-order valence-corrected chi connectivity index (χ3v) is 5.62. The molecule has 1 fully saturated rings. The van der Waals surface area contributed by atoms with Crippen LogP contribution in [0.25, 0.3) is 11.0 Å². The summed E-state index contributed by atoms with van der Waals surface area (Å²) in [6.07, 6.45) is 4.72. The van der Waals surface area contributed by atoms with Gasteiger partial charge in [0.25, 0.3) is 5.91 Å². The standard InChI is InChI=1S/C22H25ClN6O2/c1-13-9-15(6-8-25-13)21(31)28-22-27-19-11-16(26-14(2)30)10-18(23)20(19)29(22)17-5-3-4-7-24-12-17/h6,8-11,17,24H,3-5,7,12H2,1-2H3,(H,26,30)(H,27,28,31). The van der Waals surface area contributed by atoms with Crippen LogP contribution in [0.4, 0.5) is 11.6 Å². The van der Waals surface area contributed by atoms with E-state index in [1.54, 1.807) is 30.5 Å². The summed E-state index contributed by atoms with van der Waals surface area (Å²) in [4.78, 5) is 33.3. The zero-order chi connectivity index (χ0) is 22.0. The fraction of sp³-hybridized carbons (Fsp3) is 0.364. The first kappa shape index (κ1) is 21.3. The van der Waals surface area contributed by atoms with Crippen molar-refractivity contribution >= 4 is 46.1 Å². The second-order valence-corrected chi connectivity index (χ2v) is 8.21. The molecule has 1 aliphatic rings. The average Bonchev–Trinajstić information content (AvgIpc) is 2.87. The van der Waals surface area contributed by atoms with Crippen molar-refractivity contribution in [3.05, 3.63) is 46.7 Å². The minimum Gasteiger partial charge on any atom is -0.326 e. The Kier molecular flexibility index (Phi) is 6.20. The predicted molar refractivity (Wildman–Crippen MR) is 122 cm³/mol. The molecule has 9 heteroatoms. The number of nitrogens with one attached hydrogen (secondary N) is 3. The van der Waals surface area contributed by atoms with Crippen molar-refractivity contribution in [2.45, 2.75) is 39.2 Å². The van der Waals surface area contributed by atoms with Crippen LogP contribution in [-0.4, -0.2) is 39.4 Å². The van der Waals surface area contributed by atoms with Crippen LogP contribution in [0.3, 0.4) is 0 Å². The van der Waals surface area contributed by atoms with Crippen molar-refractivity contribution in [2.75, 3.05) is 23.7 Å². The lowest BCUT2D eigenvalue weighted by molar-refractivity contribution is -0.114. The Hall–Kier alpha value is -2.97. The Morgan fingerprint density at radius 1 is 1.23 bits per heavy atom. The summed E-state index contributed by atoms with van der Waals surface area (Å²) in [5.41, 5.74) is 3.19. The number of nitrogens with zero attached hydrogens (tertiary/aromatic N) is 3. The highest BCUT2D eigenvalue weighted by Gasteiger charge is 2.24. The van der Waals surface area contributed by atoms with Crippen LogP contribution in [-0.2, 0) is 4.79 Å². The number of amides is 2. The molecule has 1 atom stereocenters. The van der Waals surface area contributed by atoms with Gasteiger partial charge in [-0.25, -0.2) is 4.98 Å². The summed E-state index contributed by atoms with van der Waals surface area (Å²) < 4.78 is 2.01. The highest BCUT2D eigenvalue weighted by atomic mass is 35.5. The molecular formula is C22H25ClN6O2. The number of carbonyl (C=O) groups is 2. The number of anilines is 2. The molecule has 31 heavy (non-hydrogen) atoms. The molecular weight excluding hydrogens is 416 g/mol. The molecule has 2 amide bonds. The first-order valence-electron chi connectivity index (χ1n) is 10.4. The number of hydrogen-bond acceptors (Lipinski definition) is 5. The van der Waals surface area contributed by atoms with E-state index in [9.17, 15) is 9.59 Å². The van der Waals surface area contributed by atoms with Crippen LogP contribution in [0, 0.1) is 6.92 Å². The van der Waals surface area contributed by atoms with E-state index in [1.807, 2.05) is 11.5 Å². The Bertz CT molecular complexity index is 1130. The van der Waals surface area contributed by atoms with Crippen LogP contribution in [0.1, 0.15) is 48.3 Å². The molecule has 0 saturated carbocycles. The number of rotatable bonds is 4. The maximum Gasteiger partial charge on any atom is 0.258 e. The molecule has 3 N–H and O–H groups in total. The first-order chi connectivity index (χ1) is 14.9. The molecule has 3 heterocycles. The van der Waals surface area contributed by atoms with Gasteiger partial charge in [0.1, 0.15) is 0 Å². The number of halogens is 1. The van der Waals surface area contributed by atoms with Gasteiger partial charge in [0.15, 0.2) is 0 Å². The molecule has 8 nitrogen and oxygen atoms in total. The molecule has 1 unspecified atom stereocenters. The largest absolute Gasteiger partial charge is 0.326 e. The average molecular weight is 441 g/mol. The zero-order valence-corrected chi connectivity index (χ0v) is 18.3. The summed E-state index contributed by atoms with van der Waals surface area (Å²) in [5.74, 6) is -0.0173. The number of fused-ring (bicyclic) bond motifs is 1. The lowest BCUT2D eigenvalue weighted by atomic mass is 10.1. The van der Waals surface area contributed by atoms with Gasteiger partial charge < -0.3 is 15.2 Å². The molecule has 1 saturated heterocycles. The van der Waals surface area contributed by atoms with E-state index in [1.165, 1.54) is 6.92 Å². The van der Waals surface area contributed by atoms with Crippen molar-refractivity contribution in [2.24, 2.45) is 0 Å². The number of benzene rings is 1. The summed E-state index contributed by atoms with van der Waals surface area (Å²) in [6, 6.07) is 6.98. The molecule has 1 aromatic carbocycles. The maximum absolute atomic E-state index is 12.9. The molecule has 1 aliphatic heterocycles. The summed E-state index contributed by atoms with van der Waals surface area (Å²) in [7, 11) is 0. The number of hydrogen-bond donors (Lipinski definition) is 3. The second-order valence-electron chi connectivity index (χ2n) is 7.81. The van der Waals surface area contributed by atoms with Gasteiger partial charge in [0.2, 0.25) is 11.9 Å². The fourth-order valence-corrected chi connectivity index (χ4v) is 4.29. The highest BCUT2D eigenvalue weighted by molar-refractivity contribution is 6.35. The van der Waals surface area contributed by atoms with E-state index in [2.05, 4.69) is 25.9 Å². The van der Waals surface area contributed by atoms with E-state index in [-0.39, 0.29) is 17.9 Å². The predicted octanol–water partition coefficient (Wildman–Crippen LogP) is 3.92. The van der Waals surface area contributed by atoms with Gasteiger partial charge in [0, 0.05) is 42.7 Å². The van der Waals surface area contributed by atoms with Gasteiger partial charge in [-0.15, -0.1) is 0 Å². The van der Waals surface area contributed by atoms with Crippen LogP contribution in [0.15, 0.2) is 30.5 Å². The minimum atomic E-state index is -0.262. The van der Waals surface area contributed by atoms with Crippen LogP contribution >= 0.6 is 11.6 Å². The molecule has 4 rings (SSSR count). The normalized spacial score (nSPS) is 16.7. The molecule has 0 radical (unpaired) electrons. The summed E-state index contributed by atoms with van der Waals surface area (Å²) in [5, 5.41) is 9.64. The zero-order valence-electron chi connectivity index (χ0n) is 17.5. The van der Waals surface area contributed by atoms with Gasteiger partial charge in [0.05, 0.1) is 16.1 Å². The van der Waals surface area contributed by atoms with Crippen molar-refractivity contribution < 1.29 is 9.59 Å².